The molecule has 23 heavy (non-hydrogen) atoms. The maximum atomic E-state index is 5.58. The van der Waals surface area contributed by atoms with Crippen LogP contribution in [0.5, 0.6) is 17.2 Å². The van der Waals surface area contributed by atoms with E-state index in [-0.39, 0.29) is 0 Å². The van der Waals surface area contributed by atoms with Gasteiger partial charge in [0.05, 0.1) is 21.3 Å². The minimum atomic E-state index is 0.558. The molecule has 2 aliphatic heterocycles. The Bertz CT molecular complexity index is 549. The van der Waals surface area contributed by atoms with Crippen LogP contribution in [0.4, 0.5) is 0 Å². The Balaban J connectivity index is 1.81. The van der Waals surface area contributed by atoms with Gasteiger partial charge >= 0.3 is 0 Å². The van der Waals surface area contributed by atoms with E-state index in [0.717, 1.165) is 36.2 Å². The highest BCUT2D eigenvalue weighted by molar-refractivity contribution is 5.50. The molecule has 3 rings (SSSR count). The van der Waals surface area contributed by atoms with Gasteiger partial charge in [0.1, 0.15) is 5.75 Å². The van der Waals surface area contributed by atoms with Crippen LogP contribution in [0.1, 0.15) is 25.3 Å². The van der Waals surface area contributed by atoms with Crippen LogP contribution < -0.4 is 14.2 Å². The van der Waals surface area contributed by atoms with Gasteiger partial charge in [-0.25, -0.2) is 0 Å². The molecule has 1 aromatic carbocycles. The Labute approximate surface area is 139 Å². The van der Waals surface area contributed by atoms with Gasteiger partial charge in [0, 0.05) is 43.3 Å². The first-order chi connectivity index (χ1) is 11.2. The van der Waals surface area contributed by atoms with Crippen LogP contribution >= 0.6 is 0 Å². The SMILES string of the molecule is COc1cc(OC)c(OC)cc1CN1CC2CCCN2C[C@@H]1C. The maximum absolute atomic E-state index is 5.58. The average Bonchev–Trinajstić information content (AvgIpc) is 3.01. The van der Waals surface area contributed by atoms with Gasteiger partial charge in [0.15, 0.2) is 11.5 Å². The second-order valence-corrected chi connectivity index (χ2v) is 6.59. The molecule has 2 heterocycles. The molecule has 0 radical (unpaired) electrons. The van der Waals surface area contributed by atoms with Crippen molar-refractivity contribution in [3.05, 3.63) is 17.7 Å². The number of benzene rings is 1. The summed E-state index contributed by atoms with van der Waals surface area (Å²) in [6.07, 6.45) is 2.66. The standard InChI is InChI=1S/C18H28N2O3/c1-13-10-19-7-5-6-15(19)12-20(13)11-14-8-17(22-3)18(23-4)9-16(14)21-2/h8-9,13,15H,5-7,10-12H2,1-4H3/t13-,15?/m0/s1. The number of piperazine rings is 1. The van der Waals surface area contributed by atoms with E-state index < -0.39 is 0 Å². The monoisotopic (exact) mass is 320 g/mol. The largest absolute Gasteiger partial charge is 0.496 e. The second-order valence-electron chi connectivity index (χ2n) is 6.59. The van der Waals surface area contributed by atoms with Gasteiger partial charge < -0.3 is 14.2 Å². The van der Waals surface area contributed by atoms with Crippen molar-refractivity contribution in [3.63, 3.8) is 0 Å². The Morgan fingerprint density at radius 3 is 2.39 bits per heavy atom. The minimum Gasteiger partial charge on any atom is -0.496 e. The Hall–Kier alpha value is -1.46. The molecule has 5 heteroatoms. The lowest BCUT2D eigenvalue weighted by Crippen LogP contribution is -2.54. The molecule has 0 aliphatic carbocycles. The molecule has 0 amide bonds. The zero-order chi connectivity index (χ0) is 16.4. The van der Waals surface area contributed by atoms with Crippen LogP contribution in [0.25, 0.3) is 0 Å². The van der Waals surface area contributed by atoms with E-state index in [1.807, 2.05) is 12.1 Å². The topological polar surface area (TPSA) is 34.2 Å². The zero-order valence-electron chi connectivity index (χ0n) is 14.7. The van der Waals surface area contributed by atoms with Gasteiger partial charge in [-0.1, -0.05) is 0 Å². The second kappa shape index (κ2) is 6.97. The van der Waals surface area contributed by atoms with Crippen LogP contribution in [-0.2, 0) is 6.54 Å². The number of ether oxygens (including phenoxy) is 3. The first-order valence-electron chi connectivity index (χ1n) is 8.43. The van der Waals surface area contributed by atoms with Gasteiger partial charge in [-0.3, -0.25) is 9.80 Å². The Kier molecular flexibility index (Phi) is 4.97. The Morgan fingerprint density at radius 1 is 1.00 bits per heavy atom. The van der Waals surface area contributed by atoms with Crippen molar-refractivity contribution in [2.24, 2.45) is 0 Å². The first kappa shape index (κ1) is 16.4. The van der Waals surface area contributed by atoms with Gasteiger partial charge in [0.25, 0.3) is 0 Å². The lowest BCUT2D eigenvalue weighted by atomic mass is 10.1. The summed E-state index contributed by atoms with van der Waals surface area (Å²) in [7, 11) is 5.04. The normalized spacial score (nSPS) is 25.2. The first-order valence-corrected chi connectivity index (χ1v) is 8.43. The molecule has 128 valence electrons. The molecular formula is C18H28N2O3. The number of hydrogen-bond donors (Lipinski definition) is 0. The molecule has 1 unspecified atom stereocenters. The smallest absolute Gasteiger partial charge is 0.164 e. The number of fused-ring (bicyclic) bond motifs is 1. The van der Waals surface area contributed by atoms with Crippen molar-refractivity contribution >= 4 is 0 Å². The van der Waals surface area contributed by atoms with Crippen LogP contribution in [0.2, 0.25) is 0 Å². The molecule has 0 aromatic heterocycles. The van der Waals surface area contributed by atoms with E-state index in [9.17, 15) is 0 Å². The quantitative estimate of drug-likeness (QED) is 0.832. The van der Waals surface area contributed by atoms with Crippen molar-refractivity contribution in [2.75, 3.05) is 41.0 Å². The number of hydrogen-bond acceptors (Lipinski definition) is 5. The summed E-state index contributed by atoms with van der Waals surface area (Å²) < 4.78 is 16.4. The molecule has 2 fully saturated rings. The van der Waals surface area contributed by atoms with E-state index in [2.05, 4.69) is 16.7 Å². The highest BCUT2D eigenvalue weighted by atomic mass is 16.5. The van der Waals surface area contributed by atoms with Crippen LogP contribution in [0.15, 0.2) is 12.1 Å². The van der Waals surface area contributed by atoms with Crippen molar-refractivity contribution < 1.29 is 14.2 Å². The van der Waals surface area contributed by atoms with E-state index in [0.29, 0.717) is 11.8 Å². The summed E-state index contributed by atoms with van der Waals surface area (Å²) in [5.41, 5.74) is 1.16. The average molecular weight is 320 g/mol. The predicted molar refractivity (Wildman–Crippen MR) is 90.6 cm³/mol. The molecule has 0 N–H and O–H groups in total. The van der Waals surface area contributed by atoms with Crippen LogP contribution in [0.3, 0.4) is 0 Å². The third-order valence-corrected chi connectivity index (χ3v) is 5.23. The lowest BCUT2D eigenvalue weighted by molar-refractivity contribution is 0.0535. The molecule has 0 bridgehead atoms. The van der Waals surface area contributed by atoms with Crippen LogP contribution in [-0.4, -0.2) is 62.8 Å². The van der Waals surface area contributed by atoms with Gasteiger partial charge in [-0.15, -0.1) is 0 Å². The summed E-state index contributed by atoms with van der Waals surface area (Å²) in [4.78, 5) is 5.21. The third kappa shape index (κ3) is 3.26. The Morgan fingerprint density at radius 2 is 1.70 bits per heavy atom. The fraction of sp³-hybridized carbons (Fsp3) is 0.667. The molecule has 2 aliphatic rings. The molecular weight excluding hydrogens is 292 g/mol. The summed E-state index contributed by atoms with van der Waals surface area (Å²) in [6.45, 7) is 6.78. The van der Waals surface area contributed by atoms with E-state index in [1.165, 1.54) is 25.9 Å². The van der Waals surface area contributed by atoms with E-state index in [1.54, 1.807) is 21.3 Å². The van der Waals surface area contributed by atoms with Gasteiger partial charge in [0.2, 0.25) is 0 Å². The maximum Gasteiger partial charge on any atom is 0.164 e. The fourth-order valence-electron chi connectivity index (χ4n) is 3.90. The van der Waals surface area contributed by atoms with Gasteiger partial charge in [-0.05, 0) is 32.4 Å². The van der Waals surface area contributed by atoms with Crippen molar-refractivity contribution in [2.45, 2.75) is 38.4 Å². The molecule has 0 saturated carbocycles. The van der Waals surface area contributed by atoms with E-state index in [4.69, 9.17) is 14.2 Å². The highest BCUT2D eigenvalue weighted by Gasteiger charge is 2.34. The zero-order valence-corrected chi connectivity index (χ0v) is 14.7. The summed E-state index contributed by atoms with van der Waals surface area (Å²) >= 11 is 0. The van der Waals surface area contributed by atoms with Crippen molar-refractivity contribution in [1.82, 2.24) is 9.80 Å². The third-order valence-electron chi connectivity index (χ3n) is 5.23. The van der Waals surface area contributed by atoms with Crippen LogP contribution in [0, 0.1) is 0 Å². The van der Waals surface area contributed by atoms with Crippen molar-refractivity contribution in [3.8, 4) is 17.2 Å². The summed E-state index contributed by atoms with van der Waals surface area (Å²) in [5, 5.41) is 0. The molecule has 2 saturated heterocycles. The van der Waals surface area contributed by atoms with Crippen molar-refractivity contribution in [1.29, 1.82) is 0 Å². The fourth-order valence-corrected chi connectivity index (χ4v) is 3.90. The highest BCUT2D eigenvalue weighted by Crippen LogP contribution is 2.36. The molecule has 0 spiro atoms. The van der Waals surface area contributed by atoms with Gasteiger partial charge in [-0.2, -0.15) is 0 Å². The number of nitrogens with zero attached hydrogens (tertiary/aromatic N) is 2. The molecule has 2 atom stereocenters. The summed E-state index contributed by atoms with van der Waals surface area (Å²) in [5.74, 6) is 2.33. The minimum absolute atomic E-state index is 0.558. The lowest BCUT2D eigenvalue weighted by Gasteiger charge is -2.42. The number of rotatable bonds is 5. The predicted octanol–water partition coefficient (Wildman–Crippen LogP) is 2.38. The number of methoxy groups -OCH3 is 3. The van der Waals surface area contributed by atoms with E-state index >= 15 is 0 Å². The molecule has 1 aromatic rings. The molecule has 5 nitrogen and oxygen atoms in total. The summed E-state index contributed by atoms with van der Waals surface area (Å²) in [6, 6.07) is 5.25.